The summed E-state index contributed by atoms with van der Waals surface area (Å²) < 4.78 is 0. The van der Waals surface area contributed by atoms with Gasteiger partial charge in [0.2, 0.25) is 5.91 Å². The molecule has 3 heteroatoms. The van der Waals surface area contributed by atoms with Crippen molar-refractivity contribution in [2.24, 2.45) is 5.92 Å². The van der Waals surface area contributed by atoms with Gasteiger partial charge < -0.3 is 11.1 Å². The quantitative estimate of drug-likeness (QED) is 0.586. The van der Waals surface area contributed by atoms with Crippen LogP contribution in [0.4, 0.5) is 5.69 Å². The molecule has 1 aromatic carbocycles. The summed E-state index contributed by atoms with van der Waals surface area (Å²) in [5, 5.41) is 2.93. The fourth-order valence-corrected chi connectivity index (χ4v) is 1.69. The van der Waals surface area contributed by atoms with Crippen molar-refractivity contribution in [3.63, 3.8) is 0 Å². The summed E-state index contributed by atoms with van der Waals surface area (Å²) in [7, 11) is 0. The highest BCUT2D eigenvalue weighted by atomic mass is 16.1. The molecule has 0 heterocycles. The third kappa shape index (κ3) is 5.95. The van der Waals surface area contributed by atoms with Crippen LogP contribution in [0, 0.1) is 5.92 Å². The van der Waals surface area contributed by atoms with Gasteiger partial charge in [-0.15, -0.1) is 0 Å². The summed E-state index contributed by atoms with van der Waals surface area (Å²) in [6, 6.07) is 7.46. The molecule has 0 aliphatic heterocycles. The average molecular weight is 234 g/mol. The van der Waals surface area contributed by atoms with Crippen molar-refractivity contribution >= 4 is 11.6 Å². The summed E-state index contributed by atoms with van der Waals surface area (Å²) >= 11 is 0. The minimum absolute atomic E-state index is 0.0688. The second-order valence-electron chi connectivity index (χ2n) is 4.81. The number of anilines is 1. The number of nitrogens with two attached hydrogens (primary N) is 1. The van der Waals surface area contributed by atoms with Crippen LogP contribution in [0.2, 0.25) is 0 Å². The topological polar surface area (TPSA) is 55.1 Å². The summed E-state index contributed by atoms with van der Waals surface area (Å²) in [5.74, 6) is 0.764. The van der Waals surface area contributed by atoms with Crippen molar-refractivity contribution in [1.29, 1.82) is 0 Å². The Labute approximate surface area is 103 Å². The van der Waals surface area contributed by atoms with Gasteiger partial charge in [0.25, 0.3) is 0 Å². The maximum Gasteiger partial charge on any atom is 0.224 e. The van der Waals surface area contributed by atoms with Crippen molar-refractivity contribution in [2.45, 2.75) is 33.1 Å². The first kappa shape index (κ1) is 13.6. The highest BCUT2D eigenvalue weighted by Gasteiger charge is 2.03. The summed E-state index contributed by atoms with van der Waals surface area (Å²) in [6.45, 7) is 5.14. The van der Waals surface area contributed by atoms with Gasteiger partial charge in [0, 0.05) is 12.2 Å². The lowest BCUT2D eigenvalue weighted by Crippen LogP contribution is -2.26. The Bertz CT molecular complexity index is 361. The lowest BCUT2D eigenvalue weighted by atomic mass is 10.1. The Morgan fingerprint density at radius 1 is 1.41 bits per heavy atom. The van der Waals surface area contributed by atoms with E-state index >= 15 is 0 Å². The van der Waals surface area contributed by atoms with Crippen LogP contribution in [-0.4, -0.2) is 12.5 Å². The maximum absolute atomic E-state index is 11.6. The predicted molar refractivity (Wildman–Crippen MR) is 71.6 cm³/mol. The molecule has 3 nitrogen and oxygen atoms in total. The van der Waals surface area contributed by atoms with Gasteiger partial charge >= 0.3 is 0 Å². The van der Waals surface area contributed by atoms with Crippen molar-refractivity contribution in [3.8, 4) is 0 Å². The van der Waals surface area contributed by atoms with Gasteiger partial charge in [-0.1, -0.05) is 26.0 Å². The highest BCUT2D eigenvalue weighted by molar-refractivity contribution is 5.78. The lowest BCUT2D eigenvalue weighted by Gasteiger charge is -2.07. The third-order valence-corrected chi connectivity index (χ3v) is 2.60. The molecule has 0 atom stereocenters. The number of nitrogens with one attached hydrogen (secondary N) is 1. The number of carbonyl (C=O) groups excluding carboxylic acids is 1. The number of rotatable bonds is 6. The monoisotopic (exact) mass is 234 g/mol. The van der Waals surface area contributed by atoms with E-state index in [1.165, 1.54) is 0 Å². The van der Waals surface area contributed by atoms with E-state index in [4.69, 9.17) is 5.73 Å². The zero-order valence-corrected chi connectivity index (χ0v) is 10.7. The van der Waals surface area contributed by atoms with Gasteiger partial charge in [-0.2, -0.15) is 0 Å². The second kappa shape index (κ2) is 6.94. The zero-order valence-electron chi connectivity index (χ0n) is 10.7. The van der Waals surface area contributed by atoms with E-state index in [9.17, 15) is 4.79 Å². The van der Waals surface area contributed by atoms with Gasteiger partial charge in [-0.05, 0) is 36.5 Å². The van der Waals surface area contributed by atoms with Crippen LogP contribution >= 0.6 is 0 Å². The summed E-state index contributed by atoms with van der Waals surface area (Å²) in [5.41, 5.74) is 7.33. The van der Waals surface area contributed by atoms with E-state index in [2.05, 4.69) is 19.2 Å². The van der Waals surface area contributed by atoms with Crippen LogP contribution < -0.4 is 11.1 Å². The third-order valence-electron chi connectivity index (χ3n) is 2.60. The zero-order chi connectivity index (χ0) is 12.7. The fourth-order valence-electron chi connectivity index (χ4n) is 1.69. The van der Waals surface area contributed by atoms with Crippen molar-refractivity contribution in [1.82, 2.24) is 5.32 Å². The molecule has 0 aliphatic rings. The van der Waals surface area contributed by atoms with E-state index in [1.54, 1.807) is 0 Å². The molecule has 0 saturated carbocycles. The number of hydrogen-bond acceptors (Lipinski definition) is 2. The average Bonchev–Trinajstić information content (AvgIpc) is 2.24. The smallest absolute Gasteiger partial charge is 0.224 e. The second-order valence-corrected chi connectivity index (χ2v) is 4.81. The van der Waals surface area contributed by atoms with Crippen molar-refractivity contribution in [3.05, 3.63) is 29.8 Å². The molecular weight excluding hydrogens is 212 g/mol. The lowest BCUT2D eigenvalue weighted by molar-refractivity contribution is -0.120. The van der Waals surface area contributed by atoms with Crippen molar-refractivity contribution in [2.75, 3.05) is 12.3 Å². The first-order valence-corrected chi connectivity index (χ1v) is 6.19. The molecule has 1 rings (SSSR count). The molecule has 94 valence electrons. The maximum atomic E-state index is 11.6. The van der Waals surface area contributed by atoms with Gasteiger partial charge in [0.15, 0.2) is 0 Å². The molecule has 0 saturated heterocycles. The molecule has 0 aromatic heterocycles. The summed E-state index contributed by atoms with van der Waals surface area (Å²) in [4.78, 5) is 11.6. The van der Waals surface area contributed by atoms with Crippen LogP contribution in [0.25, 0.3) is 0 Å². The standard InChI is InChI=1S/C14H22N2O/c1-11(2)5-4-8-16-14(17)10-12-6-3-7-13(15)9-12/h3,6-7,9,11H,4-5,8,10,15H2,1-2H3,(H,16,17). The molecule has 17 heavy (non-hydrogen) atoms. The largest absolute Gasteiger partial charge is 0.399 e. The highest BCUT2D eigenvalue weighted by Crippen LogP contribution is 2.07. The Hall–Kier alpha value is -1.51. The SMILES string of the molecule is CC(C)CCCNC(=O)Cc1cccc(N)c1. The molecule has 0 radical (unpaired) electrons. The Kier molecular flexibility index (Phi) is 5.53. The molecule has 0 aliphatic carbocycles. The number of amides is 1. The van der Waals surface area contributed by atoms with Gasteiger partial charge in [0.1, 0.15) is 0 Å². The van der Waals surface area contributed by atoms with Gasteiger partial charge in [-0.3, -0.25) is 4.79 Å². The van der Waals surface area contributed by atoms with Crippen LogP contribution in [0.1, 0.15) is 32.3 Å². The fraction of sp³-hybridized carbons (Fsp3) is 0.500. The van der Waals surface area contributed by atoms with Crippen LogP contribution in [0.15, 0.2) is 24.3 Å². The van der Waals surface area contributed by atoms with E-state index in [1.807, 2.05) is 24.3 Å². The first-order valence-electron chi connectivity index (χ1n) is 6.19. The van der Waals surface area contributed by atoms with E-state index in [-0.39, 0.29) is 5.91 Å². The van der Waals surface area contributed by atoms with Crippen LogP contribution in [-0.2, 0) is 11.2 Å². The Morgan fingerprint density at radius 2 is 2.18 bits per heavy atom. The van der Waals surface area contributed by atoms with Crippen LogP contribution in [0.3, 0.4) is 0 Å². The molecule has 0 unspecified atom stereocenters. The van der Waals surface area contributed by atoms with Crippen molar-refractivity contribution < 1.29 is 4.79 Å². The molecule has 1 amide bonds. The first-order chi connectivity index (χ1) is 8.08. The normalized spacial score (nSPS) is 10.5. The number of benzene rings is 1. The molecule has 0 fully saturated rings. The molecule has 3 N–H and O–H groups in total. The number of nitrogen functional groups attached to an aromatic ring is 1. The molecular formula is C14H22N2O. The number of hydrogen-bond donors (Lipinski definition) is 2. The van der Waals surface area contributed by atoms with E-state index in [0.29, 0.717) is 18.0 Å². The van der Waals surface area contributed by atoms with E-state index in [0.717, 1.165) is 24.9 Å². The molecule has 0 bridgehead atoms. The number of carbonyl (C=O) groups is 1. The summed E-state index contributed by atoms with van der Waals surface area (Å²) in [6.07, 6.45) is 2.60. The predicted octanol–water partition coefficient (Wildman–Crippen LogP) is 2.36. The molecule has 0 spiro atoms. The minimum atomic E-state index is 0.0688. The minimum Gasteiger partial charge on any atom is -0.399 e. The van der Waals surface area contributed by atoms with Gasteiger partial charge in [-0.25, -0.2) is 0 Å². The van der Waals surface area contributed by atoms with Gasteiger partial charge in [0.05, 0.1) is 6.42 Å². The Morgan fingerprint density at radius 3 is 2.82 bits per heavy atom. The molecule has 1 aromatic rings. The van der Waals surface area contributed by atoms with Crippen LogP contribution in [0.5, 0.6) is 0 Å². The Balaban J connectivity index is 2.25. The van der Waals surface area contributed by atoms with E-state index < -0.39 is 0 Å².